The number of hydrogen-bond acceptors (Lipinski definition) is 3. The van der Waals surface area contributed by atoms with Gasteiger partial charge in [-0.25, -0.2) is 0 Å². The Morgan fingerprint density at radius 2 is 2.00 bits per heavy atom. The fourth-order valence-electron chi connectivity index (χ4n) is 2.41. The van der Waals surface area contributed by atoms with Crippen LogP contribution < -0.4 is 5.32 Å². The number of nitrogens with one attached hydrogen (secondary N) is 1. The molecule has 1 fully saturated rings. The smallest absolute Gasteiger partial charge is 0.356 e. The van der Waals surface area contributed by atoms with Crippen molar-refractivity contribution in [3.63, 3.8) is 0 Å². The van der Waals surface area contributed by atoms with Crippen LogP contribution in [0, 0.1) is 5.92 Å². The third-order valence-corrected chi connectivity index (χ3v) is 4.52. The predicted molar refractivity (Wildman–Crippen MR) is 76.4 cm³/mol. The van der Waals surface area contributed by atoms with E-state index >= 15 is 0 Å². The molecular weight excluding hydrogens is 317 g/mol. The molecule has 0 atom stereocenters. The van der Waals surface area contributed by atoms with Gasteiger partial charge in [-0.05, 0) is 30.2 Å². The molecule has 1 aliphatic heterocycles. The van der Waals surface area contributed by atoms with Crippen LogP contribution in [0.3, 0.4) is 0 Å². The Morgan fingerprint density at radius 1 is 1.32 bits per heavy atom. The Hall–Kier alpha value is -1.57. The molecule has 2 amide bonds. The van der Waals surface area contributed by atoms with Crippen LogP contribution in [0.1, 0.15) is 17.7 Å². The van der Waals surface area contributed by atoms with E-state index in [0.717, 1.165) is 9.78 Å². The Labute approximate surface area is 130 Å². The van der Waals surface area contributed by atoms with Crippen LogP contribution in [0.15, 0.2) is 17.5 Å². The van der Waals surface area contributed by atoms with Crippen molar-refractivity contribution in [2.24, 2.45) is 5.92 Å². The topological polar surface area (TPSA) is 49.4 Å². The van der Waals surface area contributed by atoms with Gasteiger partial charge in [0.1, 0.15) is 0 Å². The van der Waals surface area contributed by atoms with Crippen LogP contribution in [0.5, 0.6) is 0 Å². The van der Waals surface area contributed by atoms with Gasteiger partial charge in [0.05, 0.1) is 6.42 Å². The molecule has 1 N–H and O–H groups in total. The van der Waals surface area contributed by atoms with Gasteiger partial charge in [0, 0.05) is 24.5 Å². The molecule has 0 spiro atoms. The van der Waals surface area contributed by atoms with E-state index in [4.69, 9.17) is 0 Å². The van der Waals surface area contributed by atoms with Crippen LogP contribution in [-0.4, -0.2) is 42.5 Å². The summed E-state index contributed by atoms with van der Waals surface area (Å²) in [6.07, 6.45) is -3.53. The summed E-state index contributed by atoms with van der Waals surface area (Å²) >= 11 is 1.51. The number of hydrogen-bond donors (Lipinski definition) is 1. The van der Waals surface area contributed by atoms with Crippen molar-refractivity contribution < 1.29 is 22.8 Å². The van der Waals surface area contributed by atoms with Crippen LogP contribution in [0.2, 0.25) is 0 Å². The van der Waals surface area contributed by atoms with Gasteiger partial charge in [-0.3, -0.25) is 9.59 Å². The van der Waals surface area contributed by atoms with Crippen LogP contribution in [0.4, 0.5) is 13.2 Å². The Balaban J connectivity index is 1.69. The number of thiophene rings is 1. The molecule has 1 aromatic heterocycles. The summed E-state index contributed by atoms with van der Waals surface area (Å²) in [6.45, 7) is 0.617. The molecule has 4 nitrogen and oxygen atoms in total. The van der Waals surface area contributed by atoms with Crippen molar-refractivity contribution in [1.82, 2.24) is 10.2 Å². The Bertz CT molecular complexity index is 509. The first-order valence-corrected chi connectivity index (χ1v) is 7.89. The third-order valence-electron chi connectivity index (χ3n) is 3.65. The monoisotopic (exact) mass is 334 g/mol. The largest absolute Gasteiger partial charge is 0.471 e. The maximum absolute atomic E-state index is 12.3. The van der Waals surface area contributed by atoms with Crippen LogP contribution in [-0.2, 0) is 16.0 Å². The molecule has 0 aliphatic carbocycles. The first-order chi connectivity index (χ1) is 10.4. The summed E-state index contributed by atoms with van der Waals surface area (Å²) in [4.78, 5) is 24.7. The van der Waals surface area contributed by atoms with E-state index < -0.39 is 12.1 Å². The molecule has 1 aliphatic rings. The second-order valence-corrected chi connectivity index (χ2v) is 6.33. The average Bonchev–Trinajstić information content (AvgIpc) is 2.97. The summed E-state index contributed by atoms with van der Waals surface area (Å²) < 4.78 is 37.0. The normalized spacial score (nSPS) is 16.6. The SMILES string of the molecule is O=C(Cc1cccs1)NCC1CCN(C(=O)C(F)(F)F)CC1. The minimum atomic E-state index is -4.80. The van der Waals surface area contributed by atoms with Crippen molar-refractivity contribution in [3.8, 4) is 0 Å². The molecule has 2 heterocycles. The molecule has 1 saturated heterocycles. The Kier molecular flexibility index (Phi) is 5.44. The number of carbonyl (C=O) groups excluding carboxylic acids is 2. The number of halogens is 3. The number of carbonyl (C=O) groups is 2. The van der Waals surface area contributed by atoms with Gasteiger partial charge in [-0.2, -0.15) is 13.2 Å². The van der Waals surface area contributed by atoms with Crippen LogP contribution in [0.25, 0.3) is 0 Å². The summed E-state index contributed by atoms with van der Waals surface area (Å²) in [6, 6.07) is 3.76. The van der Waals surface area contributed by atoms with E-state index in [1.807, 2.05) is 17.5 Å². The lowest BCUT2D eigenvalue weighted by Crippen LogP contribution is -2.46. The zero-order valence-corrected chi connectivity index (χ0v) is 12.7. The highest BCUT2D eigenvalue weighted by Crippen LogP contribution is 2.23. The third kappa shape index (κ3) is 4.72. The molecule has 0 unspecified atom stereocenters. The first-order valence-electron chi connectivity index (χ1n) is 7.01. The predicted octanol–water partition coefficient (Wildman–Crippen LogP) is 2.21. The number of rotatable bonds is 4. The fraction of sp³-hybridized carbons (Fsp3) is 0.571. The molecule has 0 saturated carbocycles. The van der Waals surface area contributed by atoms with E-state index in [2.05, 4.69) is 5.32 Å². The van der Waals surface area contributed by atoms with E-state index in [1.165, 1.54) is 11.3 Å². The number of likely N-dealkylation sites (tertiary alicyclic amines) is 1. The molecule has 8 heteroatoms. The van der Waals surface area contributed by atoms with Crippen molar-refractivity contribution in [2.75, 3.05) is 19.6 Å². The highest BCUT2D eigenvalue weighted by Gasteiger charge is 2.43. The second kappa shape index (κ2) is 7.13. The highest BCUT2D eigenvalue weighted by atomic mass is 32.1. The van der Waals surface area contributed by atoms with Crippen molar-refractivity contribution in [3.05, 3.63) is 22.4 Å². The average molecular weight is 334 g/mol. The summed E-state index contributed by atoms with van der Waals surface area (Å²) in [5, 5.41) is 4.71. The summed E-state index contributed by atoms with van der Waals surface area (Å²) in [7, 11) is 0. The van der Waals surface area contributed by atoms with Gasteiger partial charge in [0.25, 0.3) is 0 Å². The fourth-order valence-corrected chi connectivity index (χ4v) is 3.12. The van der Waals surface area contributed by atoms with E-state index in [1.54, 1.807) is 0 Å². The molecule has 0 aromatic carbocycles. The molecular formula is C14H17F3N2O2S. The van der Waals surface area contributed by atoms with Crippen molar-refractivity contribution in [1.29, 1.82) is 0 Å². The minimum absolute atomic E-state index is 0.0868. The summed E-state index contributed by atoms with van der Waals surface area (Å²) in [5.74, 6) is -1.74. The van der Waals surface area contributed by atoms with E-state index in [-0.39, 0.29) is 24.9 Å². The zero-order valence-electron chi connectivity index (χ0n) is 11.9. The quantitative estimate of drug-likeness (QED) is 0.918. The number of amides is 2. The number of alkyl halides is 3. The van der Waals surface area contributed by atoms with E-state index in [9.17, 15) is 22.8 Å². The second-order valence-electron chi connectivity index (χ2n) is 5.29. The van der Waals surface area contributed by atoms with Gasteiger partial charge in [0.2, 0.25) is 5.91 Å². The maximum atomic E-state index is 12.3. The maximum Gasteiger partial charge on any atom is 0.471 e. The van der Waals surface area contributed by atoms with Gasteiger partial charge >= 0.3 is 12.1 Å². The van der Waals surface area contributed by atoms with Gasteiger partial charge < -0.3 is 10.2 Å². The first kappa shape index (κ1) is 16.8. The van der Waals surface area contributed by atoms with Gasteiger partial charge in [-0.1, -0.05) is 6.07 Å². The minimum Gasteiger partial charge on any atom is -0.356 e. The van der Waals surface area contributed by atoms with Gasteiger partial charge in [-0.15, -0.1) is 11.3 Å². The lowest BCUT2D eigenvalue weighted by Gasteiger charge is -2.32. The number of piperidine rings is 1. The van der Waals surface area contributed by atoms with Gasteiger partial charge in [0.15, 0.2) is 0 Å². The lowest BCUT2D eigenvalue weighted by molar-refractivity contribution is -0.186. The summed E-state index contributed by atoms with van der Waals surface area (Å²) in [5.41, 5.74) is 0. The molecule has 0 bridgehead atoms. The molecule has 122 valence electrons. The zero-order chi connectivity index (χ0) is 16.2. The van der Waals surface area contributed by atoms with Crippen molar-refractivity contribution >= 4 is 23.2 Å². The molecule has 0 radical (unpaired) electrons. The lowest BCUT2D eigenvalue weighted by atomic mass is 9.96. The molecule has 2 rings (SSSR count). The number of nitrogens with zero attached hydrogens (tertiary/aromatic N) is 1. The standard InChI is InChI=1S/C14H17F3N2O2S/c15-14(16,17)13(21)19-5-3-10(4-6-19)9-18-12(20)8-11-2-1-7-22-11/h1-2,7,10H,3-6,8-9H2,(H,18,20). The highest BCUT2D eigenvalue weighted by molar-refractivity contribution is 7.10. The Morgan fingerprint density at radius 3 is 2.55 bits per heavy atom. The molecule has 1 aromatic rings. The van der Waals surface area contributed by atoms with Crippen LogP contribution >= 0.6 is 11.3 Å². The van der Waals surface area contributed by atoms with E-state index in [0.29, 0.717) is 25.8 Å². The van der Waals surface area contributed by atoms with Crippen molar-refractivity contribution in [2.45, 2.75) is 25.4 Å². The molecule has 22 heavy (non-hydrogen) atoms.